The van der Waals surface area contributed by atoms with Gasteiger partial charge in [-0.05, 0) is 24.6 Å². The summed E-state index contributed by atoms with van der Waals surface area (Å²) in [6.07, 6.45) is 1.55. The molecule has 1 heterocycles. The zero-order valence-corrected chi connectivity index (χ0v) is 10.1. The van der Waals surface area contributed by atoms with Gasteiger partial charge in [0.05, 0.1) is 11.7 Å². The smallest absolute Gasteiger partial charge is 0.272 e. The maximum absolute atomic E-state index is 12.0. The van der Waals surface area contributed by atoms with Crippen molar-refractivity contribution in [2.24, 2.45) is 0 Å². The molecule has 0 unspecified atom stereocenters. The van der Waals surface area contributed by atoms with E-state index in [9.17, 15) is 4.79 Å². The molecule has 0 bridgehead atoms. The first kappa shape index (κ1) is 12.1. The summed E-state index contributed by atoms with van der Waals surface area (Å²) in [4.78, 5) is 16.0. The summed E-state index contributed by atoms with van der Waals surface area (Å²) < 4.78 is 0. The zero-order chi connectivity index (χ0) is 13.0. The molecule has 0 aliphatic rings. The lowest BCUT2D eigenvalue weighted by Crippen LogP contribution is -2.28. The summed E-state index contributed by atoms with van der Waals surface area (Å²) in [5.74, 6) is -0.260. The summed E-state index contributed by atoms with van der Waals surface area (Å²) in [5, 5.41) is 2.87. The minimum absolute atomic E-state index is 0.0832. The molecule has 92 valence electrons. The van der Waals surface area contributed by atoms with Gasteiger partial charge in [0, 0.05) is 6.20 Å². The third-order valence-electron chi connectivity index (χ3n) is 2.70. The van der Waals surface area contributed by atoms with Crippen molar-refractivity contribution in [1.82, 2.24) is 10.3 Å². The van der Waals surface area contributed by atoms with Crippen molar-refractivity contribution >= 4 is 11.6 Å². The van der Waals surface area contributed by atoms with E-state index in [1.54, 1.807) is 18.3 Å². The van der Waals surface area contributed by atoms with Crippen LogP contribution in [0.25, 0.3) is 0 Å². The molecular formula is C14H15N3O. The molecule has 4 nitrogen and oxygen atoms in total. The van der Waals surface area contributed by atoms with Crippen LogP contribution in [0.3, 0.4) is 0 Å². The third-order valence-corrected chi connectivity index (χ3v) is 2.70. The second kappa shape index (κ2) is 5.31. The number of nitrogens with zero attached hydrogens (tertiary/aromatic N) is 1. The maximum Gasteiger partial charge on any atom is 0.272 e. The van der Waals surface area contributed by atoms with E-state index in [1.807, 2.05) is 37.3 Å². The van der Waals surface area contributed by atoms with E-state index in [1.165, 1.54) is 0 Å². The highest BCUT2D eigenvalue weighted by Gasteiger charge is 2.14. The molecule has 0 spiro atoms. The molecule has 0 radical (unpaired) electrons. The minimum Gasteiger partial charge on any atom is -0.397 e. The van der Waals surface area contributed by atoms with Gasteiger partial charge in [-0.25, -0.2) is 4.98 Å². The van der Waals surface area contributed by atoms with Crippen molar-refractivity contribution in [1.29, 1.82) is 0 Å². The largest absolute Gasteiger partial charge is 0.397 e. The van der Waals surface area contributed by atoms with E-state index in [4.69, 9.17) is 5.73 Å². The summed E-state index contributed by atoms with van der Waals surface area (Å²) in [6.45, 7) is 1.92. The highest BCUT2D eigenvalue weighted by molar-refractivity contribution is 5.97. The minimum atomic E-state index is -0.260. The summed E-state index contributed by atoms with van der Waals surface area (Å²) in [7, 11) is 0. The van der Waals surface area contributed by atoms with Gasteiger partial charge in [-0.3, -0.25) is 4.79 Å². The van der Waals surface area contributed by atoms with Crippen molar-refractivity contribution in [3.05, 3.63) is 59.9 Å². The molecule has 0 saturated carbocycles. The van der Waals surface area contributed by atoms with Crippen LogP contribution >= 0.6 is 0 Å². The second-order valence-corrected chi connectivity index (χ2v) is 4.05. The van der Waals surface area contributed by atoms with Gasteiger partial charge >= 0.3 is 0 Å². The molecule has 0 fully saturated rings. The lowest BCUT2D eigenvalue weighted by atomic mass is 10.1. The maximum atomic E-state index is 12.0. The van der Waals surface area contributed by atoms with Crippen LogP contribution in [-0.2, 0) is 0 Å². The fourth-order valence-electron chi connectivity index (χ4n) is 1.70. The lowest BCUT2D eigenvalue weighted by molar-refractivity contribution is 0.0936. The van der Waals surface area contributed by atoms with Crippen LogP contribution in [0.1, 0.15) is 29.0 Å². The van der Waals surface area contributed by atoms with E-state index < -0.39 is 0 Å². The Kier molecular flexibility index (Phi) is 3.57. The van der Waals surface area contributed by atoms with E-state index in [0.29, 0.717) is 5.69 Å². The fourth-order valence-corrected chi connectivity index (χ4v) is 1.70. The molecule has 2 aromatic rings. The summed E-state index contributed by atoms with van der Waals surface area (Å²) >= 11 is 0. The molecule has 1 aromatic heterocycles. The highest BCUT2D eigenvalue weighted by atomic mass is 16.1. The predicted octanol–water partition coefficient (Wildman–Crippen LogP) is 2.15. The van der Waals surface area contributed by atoms with Gasteiger partial charge in [0.2, 0.25) is 0 Å². The normalized spacial score (nSPS) is 11.8. The zero-order valence-electron chi connectivity index (χ0n) is 10.1. The van der Waals surface area contributed by atoms with Crippen LogP contribution in [0.4, 0.5) is 5.69 Å². The first-order chi connectivity index (χ1) is 8.68. The van der Waals surface area contributed by atoms with Gasteiger partial charge in [-0.2, -0.15) is 0 Å². The van der Waals surface area contributed by atoms with Crippen molar-refractivity contribution in [2.75, 3.05) is 5.73 Å². The molecule has 0 aliphatic heterocycles. The number of anilines is 1. The molecule has 0 aliphatic carbocycles. The number of rotatable bonds is 3. The topological polar surface area (TPSA) is 68.0 Å². The van der Waals surface area contributed by atoms with Crippen molar-refractivity contribution in [3.63, 3.8) is 0 Å². The second-order valence-electron chi connectivity index (χ2n) is 4.05. The van der Waals surface area contributed by atoms with E-state index >= 15 is 0 Å². The molecule has 1 aromatic carbocycles. The average Bonchev–Trinajstić information content (AvgIpc) is 2.40. The van der Waals surface area contributed by atoms with E-state index in [-0.39, 0.29) is 17.6 Å². The van der Waals surface area contributed by atoms with Crippen LogP contribution in [0.2, 0.25) is 0 Å². The Hall–Kier alpha value is -2.36. The van der Waals surface area contributed by atoms with Gasteiger partial charge in [0.15, 0.2) is 5.69 Å². The number of benzene rings is 1. The van der Waals surface area contributed by atoms with Gasteiger partial charge in [0.25, 0.3) is 5.91 Å². The van der Waals surface area contributed by atoms with Crippen molar-refractivity contribution < 1.29 is 4.79 Å². The first-order valence-electron chi connectivity index (χ1n) is 5.75. The Morgan fingerprint density at radius 2 is 1.94 bits per heavy atom. The Labute approximate surface area is 106 Å². The molecule has 3 N–H and O–H groups in total. The van der Waals surface area contributed by atoms with Crippen LogP contribution < -0.4 is 11.1 Å². The molecule has 4 heteroatoms. The summed E-state index contributed by atoms with van der Waals surface area (Å²) in [5.41, 5.74) is 7.40. The molecule has 18 heavy (non-hydrogen) atoms. The number of nitrogen functional groups attached to an aromatic ring is 1. The number of pyridine rings is 1. The monoisotopic (exact) mass is 241 g/mol. The Bertz CT molecular complexity index is 540. The number of carbonyl (C=O) groups is 1. The standard InChI is InChI=1S/C14H15N3O/c1-10(11-6-3-2-4-7-11)17-14(18)13-12(15)8-5-9-16-13/h2-10H,15H2,1H3,(H,17,18)/t10-/m0/s1. The van der Waals surface area contributed by atoms with Gasteiger partial charge in [-0.1, -0.05) is 30.3 Å². The van der Waals surface area contributed by atoms with Gasteiger partial charge < -0.3 is 11.1 Å². The fraction of sp³-hybridized carbons (Fsp3) is 0.143. The van der Waals surface area contributed by atoms with Crippen LogP contribution in [0.5, 0.6) is 0 Å². The number of nitrogens with two attached hydrogens (primary N) is 1. The molecule has 2 rings (SSSR count). The van der Waals surface area contributed by atoms with Crippen LogP contribution in [0, 0.1) is 0 Å². The number of amides is 1. The summed E-state index contributed by atoms with van der Waals surface area (Å²) in [6, 6.07) is 13.0. The molecular weight excluding hydrogens is 226 g/mol. The number of aromatic nitrogens is 1. The van der Waals surface area contributed by atoms with Gasteiger partial charge in [0.1, 0.15) is 0 Å². The number of hydrogen-bond donors (Lipinski definition) is 2. The Morgan fingerprint density at radius 1 is 1.22 bits per heavy atom. The predicted molar refractivity (Wildman–Crippen MR) is 71.0 cm³/mol. The molecule has 1 amide bonds. The van der Waals surface area contributed by atoms with Crippen molar-refractivity contribution in [3.8, 4) is 0 Å². The Morgan fingerprint density at radius 3 is 2.61 bits per heavy atom. The molecule has 1 atom stereocenters. The van der Waals surface area contributed by atoms with Crippen LogP contribution in [-0.4, -0.2) is 10.9 Å². The van der Waals surface area contributed by atoms with E-state index in [2.05, 4.69) is 10.3 Å². The SMILES string of the molecule is C[C@H](NC(=O)c1ncccc1N)c1ccccc1. The van der Waals surface area contributed by atoms with Crippen molar-refractivity contribution in [2.45, 2.75) is 13.0 Å². The molecule has 0 saturated heterocycles. The first-order valence-corrected chi connectivity index (χ1v) is 5.75. The number of nitrogens with one attached hydrogen (secondary N) is 1. The van der Waals surface area contributed by atoms with Gasteiger partial charge in [-0.15, -0.1) is 0 Å². The number of carbonyl (C=O) groups excluding carboxylic acids is 1. The number of hydrogen-bond acceptors (Lipinski definition) is 3. The Balaban J connectivity index is 2.11. The highest BCUT2D eigenvalue weighted by Crippen LogP contribution is 2.13. The third kappa shape index (κ3) is 2.66. The van der Waals surface area contributed by atoms with Crippen LogP contribution in [0.15, 0.2) is 48.7 Å². The lowest BCUT2D eigenvalue weighted by Gasteiger charge is -2.14. The van der Waals surface area contributed by atoms with E-state index in [0.717, 1.165) is 5.56 Å². The average molecular weight is 241 g/mol. The quantitative estimate of drug-likeness (QED) is 0.865.